The van der Waals surface area contributed by atoms with Crippen LogP contribution in [0.2, 0.25) is 5.02 Å². The summed E-state index contributed by atoms with van der Waals surface area (Å²) < 4.78 is 1.79. The van der Waals surface area contributed by atoms with Crippen molar-refractivity contribution in [3.63, 3.8) is 0 Å². The molecule has 0 unspecified atom stereocenters. The number of para-hydroxylation sites is 1. The molecule has 5 rings (SSSR count). The number of nitrogens with zero attached hydrogens (tertiary/aromatic N) is 4. The molecule has 0 fully saturated rings. The van der Waals surface area contributed by atoms with Crippen molar-refractivity contribution in [2.75, 3.05) is 5.32 Å². The van der Waals surface area contributed by atoms with Crippen LogP contribution in [0.4, 0.5) is 5.13 Å². The van der Waals surface area contributed by atoms with E-state index in [0.29, 0.717) is 10.2 Å². The van der Waals surface area contributed by atoms with E-state index in [0.717, 1.165) is 33.8 Å². The van der Waals surface area contributed by atoms with E-state index in [1.165, 1.54) is 17.4 Å². The number of carbonyl (C=O) groups excluding carboxylic acids is 1. The Morgan fingerprint density at radius 3 is 2.50 bits per heavy atom. The number of anilines is 1. The molecule has 6 nitrogen and oxygen atoms in total. The Morgan fingerprint density at radius 2 is 1.74 bits per heavy atom. The maximum atomic E-state index is 12.6. The Bertz CT molecular complexity index is 1440. The number of hydrogen-bond acceptors (Lipinski definition) is 5. The summed E-state index contributed by atoms with van der Waals surface area (Å²) in [6.45, 7) is 0. The number of thiazole rings is 1. The van der Waals surface area contributed by atoms with Crippen molar-refractivity contribution in [3.8, 4) is 28.2 Å². The van der Waals surface area contributed by atoms with Crippen LogP contribution in [0.15, 0.2) is 96.8 Å². The Kier molecular flexibility index (Phi) is 6.29. The third kappa shape index (κ3) is 4.96. The van der Waals surface area contributed by atoms with E-state index < -0.39 is 0 Å². The fourth-order valence-corrected chi connectivity index (χ4v) is 4.20. The molecule has 5 aromatic rings. The lowest BCUT2D eigenvalue weighted by Crippen LogP contribution is -2.07. The quantitative estimate of drug-likeness (QED) is 0.285. The zero-order valence-corrected chi connectivity index (χ0v) is 19.4. The molecule has 2 aromatic carbocycles. The van der Waals surface area contributed by atoms with Gasteiger partial charge in [-0.05, 0) is 42.5 Å². The number of hydrogen-bond donors (Lipinski definition) is 1. The monoisotopic (exact) mass is 483 g/mol. The van der Waals surface area contributed by atoms with Crippen molar-refractivity contribution in [3.05, 3.63) is 107 Å². The SMILES string of the molecule is O=C(C=Cc1cn(-c2ccccc2)nc1-c1ccc(Cl)cc1)Nc1nc(-c2ccncc2)cs1. The lowest BCUT2D eigenvalue weighted by atomic mass is 10.1. The van der Waals surface area contributed by atoms with Gasteiger partial charge >= 0.3 is 0 Å². The zero-order chi connectivity index (χ0) is 23.3. The van der Waals surface area contributed by atoms with Crippen LogP contribution >= 0.6 is 22.9 Å². The number of halogens is 1. The second-order valence-electron chi connectivity index (χ2n) is 7.32. The van der Waals surface area contributed by atoms with Crippen molar-refractivity contribution < 1.29 is 4.79 Å². The predicted octanol–water partition coefficient (Wildman–Crippen LogP) is 6.36. The number of rotatable bonds is 6. The third-order valence-electron chi connectivity index (χ3n) is 5.01. The number of pyridine rings is 1. The maximum Gasteiger partial charge on any atom is 0.250 e. The third-order valence-corrected chi connectivity index (χ3v) is 6.02. The van der Waals surface area contributed by atoms with E-state index >= 15 is 0 Å². The molecule has 8 heteroatoms. The molecule has 0 spiro atoms. The number of carbonyl (C=O) groups is 1. The van der Waals surface area contributed by atoms with Crippen LogP contribution < -0.4 is 5.32 Å². The van der Waals surface area contributed by atoms with E-state index in [-0.39, 0.29) is 5.91 Å². The van der Waals surface area contributed by atoms with Crippen molar-refractivity contribution in [1.29, 1.82) is 0 Å². The Labute approximate surface area is 205 Å². The number of aromatic nitrogens is 4. The average Bonchev–Trinajstić information content (AvgIpc) is 3.52. The van der Waals surface area contributed by atoms with Gasteiger partial charge in [0, 0.05) is 51.8 Å². The van der Waals surface area contributed by atoms with Crippen LogP contribution in [-0.2, 0) is 4.79 Å². The Hall–Kier alpha value is -4.07. The van der Waals surface area contributed by atoms with E-state index in [9.17, 15) is 4.79 Å². The van der Waals surface area contributed by atoms with E-state index in [2.05, 4.69) is 15.3 Å². The standard InChI is InChI=1S/C26H18ClN5OS/c27-21-9-6-19(7-10-21)25-20(16-32(31-25)22-4-2-1-3-5-22)8-11-24(33)30-26-29-23(17-34-26)18-12-14-28-15-13-18/h1-17H,(H,29,30,33). The lowest BCUT2D eigenvalue weighted by molar-refractivity contribution is -0.111. The minimum atomic E-state index is -0.273. The summed E-state index contributed by atoms with van der Waals surface area (Å²) in [7, 11) is 0. The summed E-state index contributed by atoms with van der Waals surface area (Å²) in [5.74, 6) is -0.273. The highest BCUT2D eigenvalue weighted by Gasteiger charge is 2.12. The predicted molar refractivity (Wildman–Crippen MR) is 137 cm³/mol. The molecule has 1 amide bonds. The first kappa shape index (κ1) is 21.8. The van der Waals surface area contributed by atoms with E-state index in [1.807, 2.05) is 78.3 Å². The van der Waals surface area contributed by atoms with Gasteiger partial charge < -0.3 is 0 Å². The van der Waals surface area contributed by atoms with Gasteiger partial charge in [-0.25, -0.2) is 9.67 Å². The minimum absolute atomic E-state index is 0.273. The summed E-state index contributed by atoms with van der Waals surface area (Å²) in [6, 6.07) is 21.0. The molecule has 166 valence electrons. The fraction of sp³-hybridized carbons (Fsp3) is 0. The van der Waals surface area contributed by atoms with Gasteiger partial charge in [0.2, 0.25) is 5.91 Å². The van der Waals surface area contributed by atoms with Crippen LogP contribution in [-0.4, -0.2) is 25.7 Å². The highest BCUT2D eigenvalue weighted by Crippen LogP contribution is 2.27. The largest absolute Gasteiger partial charge is 0.298 e. The van der Waals surface area contributed by atoms with Gasteiger partial charge in [-0.2, -0.15) is 5.10 Å². The highest BCUT2D eigenvalue weighted by molar-refractivity contribution is 7.14. The average molecular weight is 484 g/mol. The summed E-state index contributed by atoms with van der Waals surface area (Å²) in [4.78, 5) is 21.1. The molecular formula is C26H18ClN5OS. The van der Waals surface area contributed by atoms with E-state index in [1.54, 1.807) is 23.2 Å². The van der Waals surface area contributed by atoms with Gasteiger partial charge in [0.1, 0.15) is 0 Å². The molecule has 0 aliphatic rings. The maximum absolute atomic E-state index is 12.6. The zero-order valence-electron chi connectivity index (χ0n) is 17.8. The first-order chi connectivity index (χ1) is 16.7. The molecule has 0 saturated heterocycles. The number of benzene rings is 2. The van der Waals surface area contributed by atoms with Gasteiger partial charge in [0.25, 0.3) is 0 Å². The summed E-state index contributed by atoms with van der Waals surface area (Å²) in [5.41, 5.74) is 5.12. The second-order valence-corrected chi connectivity index (χ2v) is 8.61. The van der Waals surface area contributed by atoms with Crippen molar-refractivity contribution in [2.24, 2.45) is 0 Å². The van der Waals surface area contributed by atoms with Gasteiger partial charge in [-0.3, -0.25) is 15.1 Å². The summed E-state index contributed by atoms with van der Waals surface area (Å²) >= 11 is 7.43. The van der Waals surface area contributed by atoms with Crippen LogP contribution in [0.5, 0.6) is 0 Å². The first-order valence-corrected chi connectivity index (χ1v) is 11.7. The summed E-state index contributed by atoms with van der Waals surface area (Å²) in [6.07, 6.45) is 8.56. The van der Waals surface area contributed by atoms with Gasteiger partial charge in [0.05, 0.1) is 17.1 Å². The second kappa shape index (κ2) is 9.82. The summed E-state index contributed by atoms with van der Waals surface area (Å²) in [5, 5.41) is 10.7. The van der Waals surface area contributed by atoms with Crippen LogP contribution in [0, 0.1) is 0 Å². The van der Waals surface area contributed by atoms with Crippen LogP contribution in [0.25, 0.3) is 34.3 Å². The van der Waals surface area contributed by atoms with Gasteiger partial charge in [-0.15, -0.1) is 11.3 Å². The molecular weight excluding hydrogens is 466 g/mol. The topological polar surface area (TPSA) is 72.7 Å². The highest BCUT2D eigenvalue weighted by atomic mass is 35.5. The lowest BCUT2D eigenvalue weighted by Gasteiger charge is -2.01. The van der Waals surface area contributed by atoms with Crippen LogP contribution in [0.3, 0.4) is 0 Å². The molecule has 0 aliphatic heterocycles. The molecule has 0 atom stereocenters. The Balaban J connectivity index is 1.39. The van der Waals surface area contributed by atoms with Gasteiger partial charge in [0.15, 0.2) is 5.13 Å². The molecule has 34 heavy (non-hydrogen) atoms. The molecule has 0 saturated carbocycles. The molecule has 3 heterocycles. The Morgan fingerprint density at radius 1 is 0.971 bits per heavy atom. The first-order valence-electron chi connectivity index (χ1n) is 10.4. The molecule has 3 aromatic heterocycles. The smallest absolute Gasteiger partial charge is 0.250 e. The van der Waals surface area contributed by atoms with Crippen molar-refractivity contribution in [1.82, 2.24) is 19.7 Å². The number of nitrogens with one attached hydrogen (secondary N) is 1. The molecule has 0 radical (unpaired) electrons. The fourth-order valence-electron chi connectivity index (χ4n) is 3.35. The van der Waals surface area contributed by atoms with Crippen molar-refractivity contribution >= 4 is 40.1 Å². The molecule has 0 aliphatic carbocycles. The molecule has 0 bridgehead atoms. The van der Waals surface area contributed by atoms with E-state index in [4.69, 9.17) is 16.7 Å². The molecule has 1 N–H and O–H groups in total. The number of amides is 1. The van der Waals surface area contributed by atoms with Gasteiger partial charge in [-0.1, -0.05) is 41.9 Å². The van der Waals surface area contributed by atoms with Crippen molar-refractivity contribution in [2.45, 2.75) is 0 Å². The van der Waals surface area contributed by atoms with Crippen LogP contribution in [0.1, 0.15) is 5.56 Å². The minimum Gasteiger partial charge on any atom is -0.298 e. The normalized spacial score (nSPS) is 11.1.